The Labute approximate surface area is 174 Å². The summed E-state index contributed by atoms with van der Waals surface area (Å²) in [6, 6.07) is 24.3. The molecule has 0 atom stereocenters. The minimum absolute atomic E-state index is 0.332. The Kier molecular flexibility index (Phi) is 7.25. The number of para-hydroxylation sites is 2. The van der Waals surface area contributed by atoms with E-state index in [2.05, 4.69) is 5.32 Å². The van der Waals surface area contributed by atoms with Gasteiger partial charge in [0.05, 0.1) is 5.02 Å². The summed E-state index contributed by atoms with van der Waals surface area (Å²) < 4.78 is 10.3. The molecular formula is C23H20ClNO4. The summed E-state index contributed by atoms with van der Waals surface area (Å²) in [6.45, 7) is -0.730. The Morgan fingerprint density at radius 2 is 1.52 bits per heavy atom. The zero-order valence-electron chi connectivity index (χ0n) is 15.6. The molecular weight excluding hydrogens is 390 g/mol. The number of rotatable bonds is 8. The van der Waals surface area contributed by atoms with Crippen LogP contribution >= 0.6 is 11.6 Å². The highest BCUT2D eigenvalue weighted by Gasteiger charge is 2.11. The largest absolute Gasteiger partial charge is 0.480 e. The Balaban J connectivity index is 1.49. The highest BCUT2D eigenvalue weighted by atomic mass is 35.5. The van der Waals surface area contributed by atoms with E-state index in [4.69, 9.17) is 21.1 Å². The van der Waals surface area contributed by atoms with Gasteiger partial charge >= 0.3 is 5.97 Å². The maximum absolute atomic E-state index is 12.2. The molecule has 1 amide bonds. The first-order valence-electron chi connectivity index (χ1n) is 9.06. The van der Waals surface area contributed by atoms with Gasteiger partial charge in [0.25, 0.3) is 5.91 Å². The third kappa shape index (κ3) is 6.36. The summed E-state index contributed by atoms with van der Waals surface area (Å²) in [5.41, 5.74) is 2.79. The lowest BCUT2D eigenvalue weighted by atomic mass is 10.0. The van der Waals surface area contributed by atoms with E-state index < -0.39 is 18.5 Å². The van der Waals surface area contributed by atoms with Crippen molar-refractivity contribution < 1.29 is 19.1 Å². The van der Waals surface area contributed by atoms with Crippen molar-refractivity contribution in [3.8, 4) is 5.75 Å². The molecule has 29 heavy (non-hydrogen) atoms. The van der Waals surface area contributed by atoms with Crippen LogP contribution in [0.2, 0.25) is 5.02 Å². The molecule has 0 saturated heterocycles. The molecule has 0 unspecified atom stereocenters. The van der Waals surface area contributed by atoms with E-state index in [1.807, 2.05) is 54.6 Å². The van der Waals surface area contributed by atoms with Gasteiger partial charge < -0.3 is 14.8 Å². The van der Waals surface area contributed by atoms with Crippen LogP contribution in [0.4, 0.5) is 5.69 Å². The minimum atomic E-state index is -0.655. The Hall–Kier alpha value is -3.31. The van der Waals surface area contributed by atoms with Crippen LogP contribution < -0.4 is 10.1 Å². The number of halogens is 1. The fourth-order valence-corrected chi connectivity index (χ4v) is 2.87. The first kappa shape index (κ1) is 20.4. The second kappa shape index (κ2) is 10.3. The number of amides is 1. The Morgan fingerprint density at radius 1 is 0.828 bits per heavy atom. The van der Waals surface area contributed by atoms with Crippen molar-refractivity contribution in [2.45, 2.75) is 6.42 Å². The lowest BCUT2D eigenvalue weighted by Gasteiger charge is -2.12. The van der Waals surface area contributed by atoms with E-state index in [1.165, 1.54) is 0 Å². The van der Waals surface area contributed by atoms with Crippen LogP contribution in [0.15, 0.2) is 78.9 Å². The van der Waals surface area contributed by atoms with Crippen molar-refractivity contribution in [3.05, 3.63) is 95.0 Å². The number of esters is 1. The molecule has 0 radical (unpaired) electrons. The molecule has 0 aromatic heterocycles. The smallest absolute Gasteiger partial charge is 0.344 e. The summed E-state index contributed by atoms with van der Waals surface area (Å²) >= 11 is 5.96. The monoisotopic (exact) mass is 409 g/mol. The third-order valence-electron chi connectivity index (χ3n) is 4.08. The molecule has 148 valence electrons. The molecule has 0 aliphatic heterocycles. The summed E-state index contributed by atoms with van der Waals surface area (Å²) in [5.74, 6) is -0.695. The van der Waals surface area contributed by atoms with Gasteiger partial charge in [-0.3, -0.25) is 4.79 Å². The molecule has 3 rings (SSSR count). The highest BCUT2D eigenvalue weighted by Crippen LogP contribution is 2.23. The predicted octanol–water partition coefficient (Wildman–Crippen LogP) is 4.49. The predicted molar refractivity (Wildman–Crippen MR) is 112 cm³/mol. The van der Waals surface area contributed by atoms with Crippen LogP contribution in [-0.2, 0) is 20.7 Å². The molecule has 3 aromatic rings. The van der Waals surface area contributed by atoms with Gasteiger partial charge in [-0.15, -0.1) is 0 Å². The van der Waals surface area contributed by atoms with Crippen LogP contribution in [0.25, 0.3) is 0 Å². The normalized spacial score (nSPS) is 10.2. The number of ether oxygens (including phenoxy) is 2. The third-order valence-corrected chi connectivity index (χ3v) is 4.39. The molecule has 0 saturated carbocycles. The number of anilines is 1. The molecule has 1 N–H and O–H groups in total. The van der Waals surface area contributed by atoms with Crippen molar-refractivity contribution in [2.24, 2.45) is 0 Å². The van der Waals surface area contributed by atoms with E-state index in [0.717, 1.165) is 11.1 Å². The number of carbonyl (C=O) groups excluding carboxylic acids is 2. The van der Waals surface area contributed by atoms with Gasteiger partial charge in [0, 0.05) is 5.69 Å². The van der Waals surface area contributed by atoms with Gasteiger partial charge in [-0.25, -0.2) is 4.79 Å². The van der Waals surface area contributed by atoms with Crippen LogP contribution in [0.5, 0.6) is 5.75 Å². The molecule has 6 heteroatoms. The topological polar surface area (TPSA) is 64.6 Å². The van der Waals surface area contributed by atoms with Crippen molar-refractivity contribution in [2.75, 3.05) is 18.5 Å². The molecule has 3 aromatic carbocycles. The second-order valence-electron chi connectivity index (χ2n) is 6.25. The van der Waals surface area contributed by atoms with E-state index in [1.54, 1.807) is 24.3 Å². The number of carbonyl (C=O) groups is 2. The average molecular weight is 410 g/mol. The molecule has 0 bridgehead atoms. The molecule has 0 fully saturated rings. The van der Waals surface area contributed by atoms with Crippen molar-refractivity contribution in [3.63, 3.8) is 0 Å². The lowest BCUT2D eigenvalue weighted by Crippen LogP contribution is -2.24. The number of hydrogen-bond acceptors (Lipinski definition) is 4. The quantitative estimate of drug-likeness (QED) is 0.557. The summed E-state index contributed by atoms with van der Waals surface area (Å²) in [7, 11) is 0. The zero-order valence-corrected chi connectivity index (χ0v) is 16.4. The molecule has 0 heterocycles. The SMILES string of the molecule is O=C(COC(=O)COc1ccccc1Cl)Nc1ccccc1Cc1ccccc1. The summed E-state index contributed by atoms with van der Waals surface area (Å²) in [6.07, 6.45) is 0.683. The second-order valence-corrected chi connectivity index (χ2v) is 6.65. The van der Waals surface area contributed by atoms with Crippen molar-refractivity contribution >= 4 is 29.2 Å². The van der Waals surface area contributed by atoms with E-state index in [0.29, 0.717) is 22.9 Å². The fourth-order valence-electron chi connectivity index (χ4n) is 2.68. The first-order valence-corrected chi connectivity index (χ1v) is 9.44. The van der Waals surface area contributed by atoms with Crippen molar-refractivity contribution in [1.82, 2.24) is 0 Å². The molecule has 0 aliphatic rings. The number of hydrogen-bond donors (Lipinski definition) is 1. The molecule has 0 aliphatic carbocycles. The molecule has 0 spiro atoms. The van der Waals surface area contributed by atoms with Gasteiger partial charge in [-0.05, 0) is 35.7 Å². The average Bonchev–Trinajstić information content (AvgIpc) is 2.74. The minimum Gasteiger partial charge on any atom is -0.480 e. The van der Waals surface area contributed by atoms with E-state index >= 15 is 0 Å². The van der Waals surface area contributed by atoms with Crippen molar-refractivity contribution in [1.29, 1.82) is 0 Å². The maximum atomic E-state index is 12.2. The Bertz CT molecular complexity index is 975. The van der Waals surface area contributed by atoms with Crippen LogP contribution in [-0.4, -0.2) is 25.1 Å². The zero-order chi connectivity index (χ0) is 20.5. The standard InChI is InChI=1S/C23H20ClNO4/c24-19-11-5-7-13-21(19)28-16-23(27)29-15-22(26)25-20-12-6-4-10-18(20)14-17-8-2-1-3-9-17/h1-13H,14-16H2,(H,25,26). The maximum Gasteiger partial charge on any atom is 0.344 e. The van der Waals surface area contributed by atoms with E-state index in [-0.39, 0.29) is 6.61 Å². The van der Waals surface area contributed by atoms with E-state index in [9.17, 15) is 9.59 Å². The van der Waals surface area contributed by atoms with Gasteiger partial charge in [-0.2, -0.15) is 0 Å². The number of benzene rings is 3. The van der Waals surface area contributed by atoms with Gasteiger partial charge in [0.1, 0.15) is 5.75 Å². The lowest BCUT2D eigenvalue weighted by molar-refractivity contribution is -0.149. The van der Waals surface area contributed by atoms with Gasteiger partial charge in [-0.1, -0.05) is 72.3 Å². The fraction of sp³-hybridized carbons (Fsp3) is 0.130. The number of nitrogens with one attached hydrogen (secondary N) is 1. The Morgan fingerprint density at radius 3 is 2.31 bits per heavy atom. The highest BCUT2D eigenvalue weighted by molar-refractivity contribution is 6.32. The first-order chi connectivity index (χ1) is 14.1. The summed E-state index contributed by atoms with van der Waals surface area (Å²) in [5, 5.41) is 3.19. The van der Waals surface area contributed by atoms with Gasteiger partial charge in [0.2, 0.25) is 0 Å². The van der Waals surface area contributed by atoms with Crippen LogP contribution in [0.1, 0.15) is 11.1 Å². The van der Waals surface area contributed by atoms with Crippen LogP contribution in [0, 0.1) is 0 Å². The van der Waals surface area contributed by atoms with Gasteiger partial charge in [0.15, 0.2) is 13.2 Å². The summed E-state index contributed by atoms with van der Waals surface area (Å²) in [4.78, 5) is 24.0. The van der Waals surface area contributed by atoms with Crippen LogP contribution in [0.3, 0.4) is 0 Å². The molecule has 5 nitrogen and oxygen atoms in total.